The van der Waals surface area contributed by atoms with E-state index in [4.69, 9.17) is 10.5 Å². The van der Waals surface area contributed by atoms with Crippen LogP contribution in [0.5, 0.6) is 5.75 Å². The Morgan fingerprint density at radius 3 is 2.38 bits per heavy atom. The molecule has 4 aliphatic rings. The van der Waals surface area contributed by atoms with Crippen LogP contribution in [0.1, 0.15) is 54.6 Å². The minimum atomic E-state index is -1.04. The van der Waals surface area contributed by atoms with Gasteiger partial charge in [-0.25, -0.2) is 4.79 Å². The molecule has 4 fully saturated rings. The number of hydrogen-bond donors (Lipinski definition) is 2. The van der Waals surface area contributed by atoms with Crippen LogP contribution in [0.25, 0.3) is 10.9 Å². The predicted octanol–water partition coefficient (Wildman–Crippen LogP) is 4.17. The Morgan fingerprint density at radius 2 is 1.81 bits per heavy atom. The second-order valence-electron chi connectivity index (χ2n) is 8.64. The molecule has 0 aliphatic heterocycles. The molecule has 2 aromatic rings. The number of aryl methyl sites for hydroxylation is 1. The molecule has 6 rings (SSSR count). The van der Waals surface area contributed by atoms with Gasteiger partial charge in [0, 0.05) is 0 Å². The second kappa shape index (κ2) is 5.35. The lowest BCUT2D eigenvalue weighted by atomic mass is 9.54. The van der Waals surface area contributed by atoms with Gasteiger partial charge in [-0.3, -0.25) is 4.98 Å². The van der Waals surface area contributed by atoms with E-state index in [1.54, 1.807) is 6.92 Å². The average molecular weight is 352 g/mol. The molecular weight excluding hydrogens is 328 g/mol. The maximum absolute atomic E-state index is 11.6. The van der Waals surface area contributed by atoms with Crippen molar-refractivity contribution in [1.29, 1.82) is 0 Å². The highest BCUT2D eigenvalue weighted by Gasteiger charge is 2.52. The quantitative estimate of drug-likeness (QED) is 0.866. The van der Waals surface area contributed by atoms with E-state index in [9.17, 15) is 9.90 Å². The van der Waals surface area contributed by atoms with Crippen LogP contribution < -0.4 is 10.5 Å². The number of pyridine rings is 1. The number of carboxylic acids is 1. The van der Waals surface area contributed by atoms with Crippen molar-refractivity contribution in [2.75, 3.05) is 5.73 Å². The van der Waals surface area contributed by atoms with Crippen molar-refractivity contribution >= 4 is 22.6 Å². The molecule has 5 nitrogen and oxygen atoms in total. The molecule has 136 valence electrons. The highest BCUT2D eigenvalue weighted by Crippen LogP contribution is 2.57. The fourth-order valence-electron chi connectivity index (χ4n) is 6.18. The van der Waals surface area contributed by atoms with E-state index >= 15 is 0 Å². The van der Waals surface area contributed by atoms with E-state index in [-0.39, 0.29) is 16.9 Å². The fraction of sp³-hybridized carbons (Fsp3) is 0.524. The first-order chi connectivity index (χ1) is 12.4. The van der Waals surface area contributed by atoms with E-state index in [0.717, 1.165) is 37.0 Å². The lowest BCUT2D eigenvalue weighted by Crippen LogP contribution is -2.53. The maximum Gasteiger partial charge on any atom is 0.339 e. The topological polar surface area (TPSA) is 85.4 Å². The predicted molar refractivity (Wildman–Crippen MR) is 99.4 cm³/mol. The van der Waals surface area contributed by atoms with Crippen LogP contribution >= 0.6 is 0 Å². The number of fused-ring (bicyclic) bond motifs is 1. The van der Waals surface area contributed by atoms with Crippen molar-refractivity contribution in [3.63, 3.8) is 0 Å². The number of nitrogen functional groups attached to an aromatic ring is 1. The molecule has 0 radical (unpaired) electrons. The summed E-state index contributed by atoms with van der Waals surface area (Å²) in [6.07, 6.45) is 7.39. The molecule has 1 heterocycles. The number of anilines is 1. The van der Waals surface area contributed by atoms with Gasteiger partial charge in [-0.2, -0.15) is 0 Å². The number of carbonyl (C=O) groups is 1. The first kappa shape index (κ1) is 15.9. The fourth-order valence-corrected chi connectivity index (χ4v) is 6.18. The number of aromatic nitrogens is 1. The summed E-state index contributed by atoms with van der Waals surface area (Å²) in [7, 11) is 0. The molecule has 0 spiro atoms. The molecule has 5 heteroatoms. The summed E-state index contributed by atoms with van der Waals surface area (Å²) in [6, 6.07) is 5.71. The summed E-state index contributed by atoms with van der Waals surface area (Å²) in [5, 5.41) is 10.2. The molecule has 4 saturated carbocycles. The van der Waals surface area contributed by atoms with Crippen LogP contribution in [0.2, 0.25) is 0 Å². The smallest absolute Gasteiger partial charge is 0.339 e. The van der Waals surface area contributed by atoms with E-state index in [1.807, 2.05) is 18.2 Å². The number of hydrogen-bond acceptors (Lipinski definition) is 4. The maximum atomic E-state index is 11.6. The average Bonchev–Trinajstić information content (AvgIpc) is 2.52. The highest BCUT2D eigenvalue weighted by molar-refractivity contribution is 6.06. The van der Waals surface area contributed by atoms with Crippen molar-refractivity contribution in [2.24, 2.45) is 17.8 Å². The molecule has 3 N–H and O–H groups in total. The standard InChI is InChI=1S/C21H24N2O3/c1-11-17(20(24)25)19(22)18-15(23-11)3-2-4-16(18)26-21-8-12-5-13(9-21)7-14(6-12)10-21/h2-4,12-14H,5-10H2,1H3,(H2,22,23)(H,24,25). The molecule has 0 unspecified atom stereocenters. The van der Waals surface area contributed by atoms with E-state index in [2.05, 4.69) is 4.98 Å². The molecule has 0 atom stereocenters. The van der Waals surface area contributed by atoms with E-state index in [0.29, 0.717) is 22.3 Å². The Kier molecular flexibility index (Phi) is 3.27. The number of ether oxygens (including phenoxy) is 1. The van der Waals surface area contributed by atoms with Gasteiger partial charge in [-0.15, -0.1) is 0 Å². The molecule has 4 aliphatic carbocycles. The largest absolute Gasteiger partial charge is 0.486 e. The van der Waals surface area contributed by atoms with Gasteiger partial charge in [0.2, 0.25) is 0 Å². The Balaban J connectivity index is 1.61. The van der Waals surface area contributed by atoms with Gasteiger partial charge in [-0.05, 0) is 75.3 Å². The summed E-state index contributed by atoms with van der Waals surface area (Å²) >= 11 is 0. The number of aromatic carboxylic acids is 1. The monoisotopic (exact) mass is 352 g/mol. The lowest BCUT2D eigenvalue weighted by Gasteiger charge is -2.56. The van der Waals surface area contributed by atoms with Gasteiger partial charge in [0.1, 0.15) is 16.9 Å². The Bertz CT molecular complexity index is 886. The van der Waals surface area contributed by atoms with Gasteiger partial charge in [0.15, 0.2) is 0 Å². The zero-order valence-electron chi connectivity index (χ0n) is 15.0. The van der Waals surface area contributed by atoms with Crippen molar-refractivity contribution in [2.45, 2.75) is 51.0 Å². The number of benzene rings is 1. The minimum Gasteiger partial charge on any atom is -0.486 e. The summed E-state index contributed by atoms with van der Waals surface area (Å²) in [6.45, 7) is 1.69. The van der Waals surface area contributed by atoms with Crippen molar-refractivity contribution in [3.8, 4) is 5.75 Å². The van der Waals surface area contributed by atoms with E-state index in [1.165, 1.54) is 19.3 Å². The normalized spacial score (nSPS) is 32.1. The number of nitrogens with zero attached hydrogens (tertiary/aromatic N) is 1. The SMILES string of the molecule is Cc1nc2cccc(OC34CC5CC(CC(C5)C3)C4)c2c(N)c1C(=O)O. The van der Waals surface area contributed by atoms with Crippen LogP contribution in [-0.2, 0) is 0 Å². The molecule has 4 bridgehead atoms. The van der Waals surface area contributed by atoms with Gasteiger partial charge < -0.3 is 15.6 Å². The summed E-state index contributed by atoms with van der Waals surface area (Å²) in [5.74, 6) is 1.99. The van der Waals surface area contributed by atoms with E-state index < -0.39 is 5.97 Å². The minimum absolute atomic E-state index is 0.0825. The Morgan fingerprint density at radius 1 is 1.19 bits per heavy atom. The Hall–Kier alpha value is -2.30. The van der Waals surface area contributed by atoms with Crippen LogP contribution in [0.4, 0.5) is 5.69 Å². The molecule has 1 aromatic heterocycles. The number of nitrogens with two attached hydrogens (primary N) is 1. The third-order valence-electron chi connectivity index (χ3n) is 6.72. The summed E-state index contributed by atoms with van der Waals surface area (Å²) < 4.78 is 6.67. The van der Waals surface area contributed by atoms with Crippen molar-refractivity contribution < 1.29 is 14.6 Å². The van der Waals surface area contributed by atoms with Gasteiger partial charge in [0.05, 0.1) is 22.3 Å². The molecule has 1 aromatic carbocycles. The van der Waals surface area contributed by atoms with Gasteiger partial charge >= 0.3 is 5.97 Å². The van der Waals surface area contributed by atoms with Gasteiger partial charge in [-0.1, -0.05) is 6.07 Å². The van der Waals surface area contributed by atoms with Gasteiger partial charge in [0.25, 0.3) is 0 Å². The molecule has 0 saturated heterocycles. The number of rotatable bonds is 3. The van der Waals surface area contributed by atoms with Crippen molar-refractivity contribution in [1.82, 2.24) is 4.98 Å². The van der Waals surface area contributed by atoms with Crippen LogP contribution in [-0.4, -0.2) is 21.7 Å². The second-order valence-corrected chi connectivity index (χ2v) is 8.64. The lowest BCUT2D eigenvalue weighted by molar-refractivity contribution is -0.107. The number of carboxylic acid groups (broad SMARTS) is 1. The van der Waals surface area contributed by atoms with Crippen LogP contribution in [0, 0.1) is 24.7 Å². The summed E-state index contributed by atoms with van der Waals surface area (Å²) in [4.78, 5) is 16.1. The Labute approximate surface area is 152 Å². The van der Waals surface area contributed by atoms with Crippen molar-refractivity contribution in [3.05, 3.63) is 29.5 Å². The molecule has 26 heavy (non-hydrogen) atoms. The third-order valence-corrected chi connectivity index (χ3v) is 6.72. The first-order valence-electron chi connectivity index (χ1n) is 9.55. The summed E-state index contributed by atoms with van der Waals surface area (Å²) in [5.41, 5.74) is 7.67. The zero-order chi connectivity index (χ0) is 18.1. The zero-order valence-corrected chi connectivity index (χ0v) is 15.0. The van der Waals surface area contributed by atoms with Crippen LogP contribution in [0.3, 0.4) is 0 Å². The van der Waals surface area contributed by atoms with Crippen LogP contribution in [0.15, 0.2) is 18.2 Å². The molecular formula is C21H24N2O3. The third kappa shape index (κ3) is 2.29. The first-order valence-corrected chi connectivity index (χ1v) is 9.55. The highest BCUT2D eigenvalue weighted by atomic mass is 16.5. The molecule has 0 amide bonds.